The van der Waals surface area contributed by atoms with E-state index in [1.54, 1.807) is 0 Å². The molecule has 0 radical (unpaired) electrons. The van der Waals surface area contributed by atoms with Gasteiger partial charge >= 0.3 is 0 Å². The molecule has 1 aliphatic rings. The van der Waals surface area contributed by atoms with Crippen LogP contribution in [0.3, 0.4) is 0 Å². The van der Waals surface area contributed by atoms with Gasteiger partial charge in [0.05, 0.1) is 0 Å². The van der Waals surface area contributed by atoms with Crippen LogP contribution in [0.15, 0.2) is 24.3 Å². The van der Waals surface area contributed by atoms with Crippen LogP contribution in [0.25, 0.3) is 0 Å². The smallest absolute Gasteiger partial charge is 0.0335 e. The van der Waals surface area contributed by atoms with Gasteiger partial charge in [-0.25, -0.2) is 0 Å². The van der Waals surface area contributed by atoms with Crippen LogP contribution in [0.1, 0.15) is 19.8 Å². The van der Waals surface area contributed by atoms with Crippen molar-refractivity contribution >= 4 is 0 Å². The fourth-order valence-electron chi connectivity index (χ4n) is 1.17. The van der Waals surface area contributed by atoms with E-state index in [-0.39, 0.29) is 0 Å². The molecular weight excluding hydrogens is 136 g/mol. The second kappa shape index (κ2) is 3.46. The first-order valence-electron chi connectivity index (χ1n) is 4.08. The van der Waals surface area contributed by atoms with Crippen LogP contribution in [0, 0.1) is 0 Å². The van der Waals surface area contributed by atoms with E-state index in [0.29, 0.717) is 0 Å². The first kappa shape index (κ1) is 8.18. The number of nitrogens with zero attached hydrogens (tertiary/aromatic N) is 2. The Morgan fingerprint density at radius 1 is 1.27 bits per heavy atom. The normalized spacial score (nSPS) is 17.2. The maximum Gasteiger partial charge on any atom is 0.0335 e. The molecule has 0 aliphatic carbocycles. The van der Waals surface area contributed by atoms with Crippen molar-refractivity contribution in [3.63, 3.8) is 0 Å². The van der Waals surface area contributed by atoms with Gasteiger partial charge in [0.25, 0.3) is 0 Å². The molecule has 2 nitrogen and oxygen atoms in total. The maximum atomic E-state index is 2.20. The van der Waals surface area contributed by atoms with Crippen molar-refractivity contribution in [2.24, 2.45) is 0 Å². The summed E-state index contributed by atoms with van der Waals surface area (Å²) in [6.07, 6.45) is 8.68. The third-order valence-electron chi connectivity index (χ3n) is 1.84. The highest BCUT2D eigenvalue weighted by Gasteiger charge is 2.04. The molecule has 0 fully saturated rings. The summed E-state index contributed by atoms with van der Waals surface area (Å²) in [5.74, 6) is 0. The van der Waals surface area contributed by atoms with Crippen molar-refractivity contribution in [1.82, 2.24) is 9.80 Å². The Balaban J connectivity index is 2.60. The number of rotatable bonds is 2. The Morgan fingerprint density at radius 2 is 2.00 bits per heavy atom. The lowest BCUT2D eigenvalue weighted by atomic mass is 10.2. The minimum Gasteiger partial charge on any atom is -0.354 e. The Bertz CT molecular complexity index is 182. The average molecular weight is 152 g/mol. The highest BCUT2D eigenvalue weighted by Crippen LogP contribution is 2.14. The van der Waals surface area contributed by atoms with Crippen molar-refractivity contribution in [2.75, 3.05) is 14.1 Å². The average Bonchev–Trinajstić information content (AvgIpc) is 1.98. The van der Waals surface area contributed by atoms with Gasteiger partial charge in [-0.3, -0.25) is 0 Å². The van der Waals surface area contributed by atoms with Crippen LogP contribution in [-0.4, -0.2) is 23.9 Å². The number of allylic oxidation sites excluding steroid dienone is 1. The molecule has 1 rings (SSSR count). The van der Waals surface area contributed by atoms with E-state index in [1.807, 2.05) is 0 Å². The lowest BCUT2D eigenvalue weighted by Gasteiger charge is -2.25. The molecule has 0 spiro atoms. The van der Waals surface area contributed by atoms with Crippen molar-refractivity contribution < 1.29 is 0 Å². The van der Waals surface area contributed by atoms with Gasteiger partial charge in [-0.05, 0) is 6.42 Å². The van der Waals surface area contributed by atoms with Gasteiger partial charge in [-0.2, -0.15) is 0 Å². The zero-order chi connectivity index (χ0) is 8.27. The van der Waals surface area contributed by atoms with E-state index >= 15 is 0 Å². The molecule has 0 atom stereocenters. The summed E-state index contributed by atoms with van der Waals surface area (Å²) >= 11 is 0. The fraction of sp³-hybridized carbons (Fsp3) is 0.556. The van der Waals surface area contributed by atoms with Crippen molar-refractivity contribution in [3.8, 4) is 0 Å². The maximum absolute atomic E-state index is 2.20. The summed E-state index contributed by atoms with van der Waals surface area (Å²) in [5.41, 5.74) is 1.39. The Hall–Kier alpha value is -0.920. The lowest BCUT2D eigenvalue weighted by Crippen LogP contribution is -2.19. The minimum atomic E-state index is 1.16. The molecule has 0 aromatic rings. The monoisotopic (exact) mass is 152 g/mol. The molecule has 0 saturated heterocycles. The van der Waals surface area contributed by atoms with E-state index in [9.17, 15) is 0 Å². The molecule has 62 valence electrons. The number of hydrogen-bond donors (Lipinski definition) is 0. The van der Waals surface area contributed by atoms with Crippen LogP contribution in [0.4, 0.5) is 0 Å². The first-order valence-corrected chi connectivity index (χ1v) is 4.08. The highest BCUT2D eigenvalue weighted by molar-refractivity contribution is 5.09. The van der Waals surface area contributed by atoms with Gasteiger partial charge in [0, 0.05) is 38.4 Å². The molecule has 0 bridgehead atoms. The molecule has 0 N–H and O–H groups in total. The second-order valence-corrected chi connectivity index (χ2v) is 2.94. The van der Waals surface area contributed by atoms with Crippen molar-refractivity contribution in [3.05, 3.63) is 24.3 Å². The first-order chi connectivity index (χ1) is 5.24. The second-order valence-electron chi connectivity index (χ2n) is 2.94. The van der Waals surface area contributed by atoms with Crippen molar-refractivity contribution in [2.45, 2.75) is 19.8 Å². The van der Waals surface area contributed by atoms with Crippen LogP contribution in [0.2, 0.25) is 0 Å². The quantitative estimate of drug-likeness (QED) is 0.597. The topological polar surface area (TPSA) is 6.48 Å². The molecule has 11 heavy (non-hydrogen) atoms. The van der Waals surface area contributed by atoms with Gasteiger partial charge in [0.15, 0.2) is 0 Å². The zero-order valence-electron chi connectivity index (χ0n) is 7.54. The van der Waals surface area contributed by atoms with Gasteiger partial charge in [0.2, 0.25) is 0 Å². The standard InChI is InChI=1S/C9H16N2/c1-4-5-9-8-10(2)6-7-11(9)3/h6-8H,4-5H2,1-3H3. The molecule has 1 aliphatic heterocycles. The summed E-state index contributed by atoms with van der Waals surface area (Å²) in [6, 6.07) is 0. The van der Waals surface area contributed by atoms with Crippen LogP contribution < -0.4 is 0 Å². The molecule has 0 aromatic carbocycles. The minimum absolute atomic E-state index is 1.16. The van der Waals surface area contributed by atoms with E-state index in [4.69, 9.17) is 0 Å². The number of hydrogen-bond acceptors (Lipinski definition) is 2. The summed E-state index contributed by atoms with van der Waals surface area (Å²) < 4.78 is 0. The molecule has 2 heteroatoms. The molecule has 1 heterocycles. The van der Waals surface area contributed by atoms with Crippen LogP contribution >= 0.6 is 0 Å². The van der Waals surface area contributed by atoms with E-state index in [1.165, 1.54) is 12.1 Å². The Labute approximate surface area is 68.8 Å². The largest absolute Gasteiger partial charge is 0.354 e. The van der Waals surface area contributed by atoms with E-state index in [2.05, 4.69) is 49.4 Å². The third-order valence-corrected chi connectivity index (χ3v) is 1.84. The third kappa shape index (κ3) is 2.00. The van der Waals surface area contributed by atoms with Gasteiger partial charge < -0.3 is 9.80 Å². The van der Waals surface area contributed by atoms with Gasteiger partial charge in [-0.1, -0.05) is 13.3 Å². The summed E-state index contributed by atoms with van der Waals surface area (Å²) in [7, 11) is 4.14. The summed E-state index contributed by atoms with van der Waals surface area (Å²) in [4.78, 5) is 4.26. The Kier molecular flexibility index (Phi) is 2.58. The summed E-state index contributed by atoms with van der Waals surface area (Å²) in [6.45, 7) is 2.20. The molecular formula is C9H16N2. The van der Waals surface area contributed by atoms with Gasteiger partial charge in [-0.15, -0.1) is 0 Å². The molecule has 0 aromatic heterocycles. The predicted octanol–water partition coefficient (Wildman–Crippen LogP) is 1.98. The highest BCUT2D eigenvalue weighted by atomic mass is 15.2. The SMILES string of the molecule is CCCC1=CN(C)C=CN1C. The fourth-order valence-corrected chi connectivity index (χ4v) is 1.17. The molecule has 0 saturated carbocycles. The van der Waals surface area contributed by atoms with Crippen LogP contribution in [0.5, 0.6) is 0 Å². The van der Waals surface area contributed by atoms with E-state index in [0.717, 1.165) is 6.42 Å². The van der Waals surface area contributed by atoms with E-state index < -0.39 is 0 Å². The van der Waals surface area contributed by atoms with Crippen LogP contribution in [-0.2, 0) is 0 Å². The molecule has 0 amide bonds. The Morgan fingerprint density at radius 3 is 2.64 bits per heavy atom. The summed E-state index contributed by atoms with van der Waals surface area (Å²) in [5, 5.41) is 0. The zero-order valence-corrected chi connectivity index (χ0v) is 7.54. The molecule has 0 unspecified atom stereocenters. The predicted molar refractivity (Wildman–Crippen MR) is 47.7 cm³/mol. The lowest BCUT2D eigenvalue weighted by molar-refractivity contribution is 0.459. The van der Waals surface area contributed by atoms with Crippen molar-refractivity contribution in [1.29, 1.82) is 0 Å². The van der Waals surface area contributed by atoms with Gasteiger partial charge in [0.1, 0.15) is 0 Å².